The Morgan fingerprint density at radius 3 is 2.88 bits per heavy atom. The largest absolute Gasteiger partial charge is 0.495 e. The Labute approximate surface area is 163 Å². The smallest absolute Gasteiger partial charge is 0.272 e. The van der Waals surface area contributed by atoms with Gasteiger partial charge in [0.25, 0.3) is 5.91 Å². The summed E-state index contributed by atoms with van der Waals surface area (Å²) in [5, 5.41) is 4.38. The van der Waals surface area contributed by atoms with Gasteiger partial charge in [-0.15, -0.1) is 0 Å². The molecule has 0 saturated carbocycles. The Hall–Kier alpha value is -2.64. The number of ether oxygens (including phenoxy) is 1. The van der Waals surface area contributed by atoms with Crippen molar-refractivity contribution in [3.8, 4) is 17.1 Å². The van der Waals surface area contributed by atoms with Crippen LogP contribution in [-0.2, 0) is 0 Å². The Bertz CT molecular complexity index is 972. The lowest BCUT2D eigenvalue weighted by atomic mass is 10.2. The van der Waals surface area contributed by atoms with Crippen LogP contribution in [0.4, 0.5) is 0 Å². The van der Waals surface area contributed by atoms with E-state index in [1.165, 1.54) is 12.4 Å². The molecule has 0 aliphatic rings. The number of methoxy groups -OCH3 is 1. The number of carbonyl (C=O) groups excluding carboxylic acids is 1. The molecule has 2 heterocycles. The first-order chi connectivity index (χ1) is 12.6. The summed E-state index contributed by atoms with van der Waals surface area (Å²) in [6.45, 7) is 0. The molecule has 0 spiro atoms. The first-order valence-electron chi connectivity index (χ1n) is 7.44. The minimum atomic E-state index is -0.372. The van der Waals surface area contributed by atoms with Crippen molar-refractivity contribution >= 4 is 39.7 Å². The van der Waals surface area contributed by atoms with Crippen LogP contribution in [0.25, 0.3) is 11.3 Å². The number of halogens is 2. The third-order valence-electron chi connectivity index (χ3n) is 3.39. The number of hydrazone groups is 1. The molecule has 0 radical (unpaired) electrons. The fraction of sp³-hybridized carbons (Fsp3) is 0.0556. The van der Waals surface area contributed by atoms with Crippen LogP contribution in [0.2, 0.25) is 5.02 Å². The van der Waals surface area contributed by atoms with Crippen LogP contribution in [0.3, 0.4) is 0 Å². The number of amides is 1. The van der Waals surface area contributed by atoms with E-state index in [1.807, 2.05) is 6.07 Å². The van der Waals surface area contributed by atoms with Gasteiger partial charge in [-0.3, -0.25) is 9.78 Å². The number of rotatable bonds is 5. The first-order valence-corrected chi connectivity index (χ1v) is 8.61. The molecule has 0 aliphatic heterocycles. The minimum absolute atomic E-state index is 0.372. The second kappa shape index (κ2) is 8.16. The number of hydrogen-bond acceptors (Lipinski definition) is 5. The zero-order valence-corrected chi connectivity index (χ0v) is 15.9. The van der Waals surface area contributed by atoms with Crippen LogP contribution >= 0.6 is 27.5 Å². The van der Waals surface area contributed by atoms with E-state index in [4.69, 9.17) is 20.8 Å². The monoisotopic (exact) mass is 433 g/mol. The van der Waals surface area contributed by atoms with Crippen molar-refractivity contribution in [1.82, 2.24) is 10.4 Å². The molecule has 0 fully saturated rings. The van der Waals surface area contributed by atoms with Gasteiger partial charge in [-0.2, -0.15) is 5.10 Å². The maximum atomic E-state index is 12.0. The summed E-state index contributed by atoms with van der Waals surface area (Å²) in [6.07, 6.45) is 4.46. The van der Waals surface area contributed by atoms with Gasteiger partial charge in [-0.05, 0) is 52.3 Å². The molecule has 1 aromatic carbocycles. The number of benzene rings is 1. The van der Waals surface area contributed by atoms with Crippen molar-refractivity contribution < 1.29 is 13.9 Å². The van der Waals surface area contributed by atoms with Crippen molar-refractivity contribution in [2.24, 2.45) is 5.10 Å². The van der Waals surface area contributed by atoms with Crippen LogP contribution in [0, 0.1) is 0 Å². The predicted molar refractivity (Wildman–Crippen MR) is 103 cm³/mol. The maximum absolute atomic E-state index is 12.0. The molecule has 2 aromatic heterocycles. The summed E-state index contributed by atoms with van der Waals surface area (Å²) in [7, 11) is 1.56. The predicted octanol–water partition coefficient (Wildman–Crippen LogP) is 4.53. The highest BCUT2D eigenvalue weighted by molar-refractivity contribution is 9.10. The SMILES string of the molecule is COc1ccc(-c2ccc(/C=N\NC(=O)c3cncc(Br)c3)o2)cc1Cl. The van der Waals surface area contributed by atoms with Gasteiger partial charge < -0.3 is 9.15 Å². The number of pyridine rings is 1. The van der Waals surface area contributed by atoms with E-state index in [1.54, 1.807) is 43.6 Å². The second-order valence-electron chi connectivity index (χ2n) is 5.14. The third-order valence-corrected chi connectivity index (χ3v) is 4.12. The molecule has 132 valence electrons. The van der Waals surface area contributed by atoms with Crippen molar-refractivity contribution in [3.05, 3.63) is 69.6 Å². The van der Waals surface area contributed by atoms with Crippen LogP contribution in [0.15, 0.2) is 62.8 Å². The molecule has 1 amide bonds. The molecule has 3 aromatic rings. The van der Waals surface area contributed by atoms with Gasteiger partial charge in [0.1, 0.15) is 17.3 Å². The molecule has 1 N–H and O–H groups in total. The van der Waals surface area contributed by atoms with E-state index in [0.29, 0.717) is 32.3 Å². The molecular weight excluding hydrogens is 422 g/mol. The zero-order valence-electron chi connectivity index (χ0n) is 13.6. The number of nitrogens with zero attached hydrogens (tertiary/aromatic N) is 2. The number of aromatic nitrogens is 1. The summed E-state index contributed by atoms with van der Waals surface area (Å²) in [4.78, 5) is 15.9. The summed E-state index contributed by atoms with van der Waals surface area (Å²) in [5.74, 6) is 1.33. The maximum Gasteiger partial charge on any atom is 0.272 e. The average Bonchev–Trinajstić information content (AvgIpc) is 3.10. The lowest BCUT2D eigenvalue weighted by Crippen LogP contribution is -2.17. The number of nitrogens with one attached hydrogen (secondary N) is 1. The van der Waals surface area contributed by atoms with Crippen LogP contribution < -0.4 is 10.2 Å². The van der Waals surface area contributed by atoms with Crippen LogP contribution in [0.5, 0.6) is 5.75 Å². The molecule has 8 heteroatoms. The van der Waals surface area contributed by atoms with E-state index >= 15 is 0 Å². The van der Waals surface area contributed by atoms with Crippen LogP contribution in [-0.4, -0.2) is 24.2 Å². The third kappa shape index (κ3) is 4.30. The Kier molecular flexibility index (Phi) is 5.70. The summed E-state index contributed by atoms with van der Waals surface area (Å²) >= 11 is 9.39. The number of hydrogen-bond donors (Lipinski definition) is 1. The Morgan fingerprint density at radius 2 is 2.15 bits per heavy atom. The molecule has 0 aliphatic carbocycles. The van der Waals surface area contributed by atoms with Gasteiger partial charge in [0.15, 0.2) is 0 Å². The van der Waals surface area contributed by atoms with Gasteiger partial charge in [0.2, 0.25) is 0 Å². The van der Waals surface area contributed by atoms with Gasteiger partial charge in [-0.25, -0.2) is 5.43 Å². The van der Waals surface area contributed by atoms with Crippen molar-refractivity contribution in [1.29, 1.82) is 0 Å². The highest BCUT2D eigenvalue weighted by Gasteiger charge is 2.08. The minimum Gasteiger partial charge on any atom is -0.495 e. The summed E-state index contributed by atoms with van der Waals surface area (Å²) in [6, 6.07) is 10.5. The van der Waals surface area contributed by atoms with E-state index in [2.05, 4.69) is 31.4 Å². The fourth-order valence-electron chi connectivity index (χ4n) is 2.15. The highest BCUT2D eigenvalue weighted by atomic mass is 79.9. The Balaban J connectivity index is 1.67. The molecular formula is C18H13BrClN3O3. The van der Waals surface area contributed by atoms with Gasteiger partial charge in [0.05, 0.1) is 23.9 Å². The molecule has 0 saturated heterocycles. The molecule has 0 atom stereocenters. The summed E-state index contributed by atoms with van der Waals surface area (Å²) < 4.78 is 11.5. The van der Waals surface area contributed by atoms with E-state index in [9.17, 15) is 4.79 Å². The van der Waals surface area contributed by atoms with Gasteiger partial charge in [-0.1, -0.05) is 11.6 Å². The topological polar surface area (TPSA) is 76.7 Å². The van der Waals surface area contributed by atoms with Crippen molar-refractivity contribution in [3.63, 3.8) is 0 Å². The molecule has 0 bridgehead atoms. The van der Waals surface area contributed by atoms with E-state index in [0.717, 1.165) is 5.56 Å². The van der Waals surface area contributed by atoms with Crippen molar-refractivity contribution in [2.75, 3.05) is 7.11 Å². The first kappa shape index (κ1) is 18.2. The Morgan fingerprint density at radius 1 is 1.31 bits per heavy atom. The molecule has 6 nitrogen and oxygen atoms in total. The lowest BCUT2D eigenvalue weighted by molar-refractivity contribution is 0.0954. The second-order valence-corrected chi connectivity index (χ2v) is 6.47. The van der Waals surface area contributed by atoms with Crippen LogP contribution in [0.1, 0.15) is 16.1 Å². The molecule has 26 heavy (non-hydrogen) atoms. The fourth-order valence-corrected chi connectivity index (χ4v) is 2.77. The standard InChI is InChI=1S/C18H13BrClN3O3/c1-25-17-4-2-11(7-15(17)20)16-5-3-14(26-16)10-22-23-18(24)12-6-13(19)9-21-8-12/h2-10H,1H3,(H,23,24)/b22-10-. The average molecular weight is 435 g/mol. The lowest BCUT2D eigenvalue weighted by Gasteiger charge is -2.04. The quantitative estimate of drug-likeness (QED) is 0.473. The van der Waals surface area contributed by atoms with E-state index in [-0.39, 0.29) is 5.91 Å². The number of furan rings is 1. The number of carbonyl (C=O) groups is 1. The normalized spacial score (nSPS) is 10.9. The van der Waals surface area contributed by atoms with Crippen molar-refractivity contribution in [2.45, 2.75) is 0 Å². The highest BCUT2D eigenvalue weighted by Crippen LogP contribution is 2.30. The van der Waals surface area contributed by atoms with Gasteiger partial charge in [0, 0.05) is 22.4 Å². The summed E-state index contributed by atoms with van der Waals surface area (Å²) in [5.41, 5.74) is 3.62. The zero-order chi connectivity index (χ0) is 18.5. The van der Waals surface area contributed by atoms with Gasteiger partial charge >= 0.3 is 0 Å². The molecule has 3 rings (SSSR count). The molecule has 0 unspecified atom stereocenters. The van der Waals surface area contributed by atoms with E-state index < -0.39 is 0 Å².